The van der Waals surface area contributed by atoms with E-state index < -0.39 is 0 Å². The molecule has 3 rings (SSSR count). The van der Waals surface area contributed by atoms with Gasteiger partial charge >= 0.3 is 0 Å². The lowest BCUT2D eigenvalue weighted by Gasteiger charge is -2.33. The zero-order valence-corrected chi connectivity index (χ0v) is 14.4. The Hall–Kier alpha value is -2.04. The highest BCUT2D eigenvalue weighted by Gasteiger charge is 2.21. The molecule has 0 aliphatic carbocycles. The van der Waals surface area contributed by atoms with Gasteiger partial charge < -0.3 is 14.4 Å². The molecule has 0 unspecified atom stereocenters. The maximum absolute atomic E-state index is 5.38. The average molecular weight is 315 g/mol. The van der Waals surface area contributed by atoms with E-state index in [4.69, 9.17) is 19.4 Å². The van der Waals surface area contributed by atoms with Crippen molar-refractivity contribution in [3.05, 3.63) is 17.8 Å². The normalized spacial score (nSPS) is 15.9. The number of benzene rings is 1. The third-order valence-corrected chi connectivity index (χ3v) is 4.81. The van der Waals surface area contributed by atoms with Crippen LogP contribution in [0.3, 0.4) is 0 Å². The summed E-state index contributed by atoms with van der Waals surface area (Å²) in [5, 5.41) is 0. The van der Waals surface area contributed by atoms with Crippen LogP contribution in [0.25, 0.3) is 11.0 Å². The summed E-state index contributed by atoms with van der Waals surface area (Å²) in [4.78, 5) is 12.0. The maximum atomic E-state index is 5.38. The van der Waals surface area contributed by atoms with E-state index in [-0.39, 0.29) is 0 Å². The van der Waals surface area contributed by atoms with Crippen LogP contribution >= 0.6 is 0 Å². The molecule has 0 N–H and O–H groups in total. The quantitative estimate of drug-likeness (QED) is 0.863. The van der Waals surface area contributed by atoms with E-state index in [1.54, 1.807) is 14.2 Å². The second kappa shape index (κ2) is 6.60. The molecule has 5 nitrogen and oxygen atoms in total. The molecular formula is C18H25N3O2. The Balaban J connectivity index is 1.97. The highest BCUT2D eigenvalue weighted by atomic mass is 16.5. The van der Waals surface area contributed by atoms with E-state index in [0.717, 1.165) is 41.6 Å². The smallest absolute Gasteiger partial charge is 0.163 e. The lowest BCUT2D eigenvalue weighted by molar-refractivity contribution is 0.355. The zero-order chi connectivity index (χ0) is 16.4. The van der Waals surface area contributed by atoms with Gasteiger partial charge in [0.05, 0.1) is 30.9 Å². The van der Waals surface area contributed by atoms with Crippen LogP contribution in [0, 0.1) is 12.8 Å². The lowest BCUT2D eigenvalue weighted by atomic mass is 9.94. The Bertz CT molecular complexity index is 694. The second-order valence-electron chi connectivity index (χ2n) is 6.17. The van der Waals surface area contributed by atoms with E-state index in [9.17, 15) is 0 Å². The van der Waals surface area contributed by atoms with Gasteiger partial charge in [-0.05, 0) is 25.7 Å². The van der Waals surface area contributed by atoms with Crippen molar-refractivity contribution in [1.82, 2.24) is 9.97 Å². The maximum Gasteiger partial charge on any atom is 0.163 e. The van der Waals surface area contributed by atoms with E-state index >= 15 is 0 Å². The SMILES string of the molecule is CCC1CCN(c2nc3cc(OC)c(OC)cc3nc2C)CC1. The number of piperidine rings is 1. The minimum absolute atomic E-state index is 0.685. The molecule has 5 heteroatoms. The number of rotatable bonds is 4. The fraction of sp³-hybridized carbons (Fsp3) is 0.556. The fourth-order valence-electron chi connectivity index (χ4n) is 3.31. The molecule has 2 aromatic rings. The monoisotopic (exact) mass is 315 g/mol. The van der Waals surface area contributed by atoms with Crippen LogP contribution in [-0.2, 0) is 0 Å². The van der Waals surface area contributed by atoms with Crippen LogP contribution in [0.4, 0.5) is 5.82 Å². The topological polar surface area (TPSA) is 47.5 Å². The summed E-state index contributed by atoms with van der Waals surface area (Å²) in [6.45, 7) is 6.44. The van der Waals surface area contributed by atoms with Crippen LogP contribution in [0.5, 0.6) is 11.5 Å². The number of nitrogens with zero attached hydrogens (tertiary/aromatic N) is 3. The molecule has 1 saturated heterocycles. The Morgan fingerprint density at radius 2 is 1.61 bits per heavy atom. The molecule has 23 heavy (non-hydrogen) atoms. The van der Waals surface area contributed by atoms with Crippen molar-refractivity contribution in [2.45, 2.75) is 33.1 Å². The Kier molecular flexibility index (Phi) is 4.55. The molecule has 0 bridgehead atoms. The molecule has 0 spiro atoms. The zero-order valence-electron chi connectivity index (χ0n) is 14.4. The number of methoxy groups -OCH3 is 2. The van der Waals surface area contributed by atoms with Gasteiger partial charge in [0.15, 0.2) is 17.3 Å². The van der Waals surface area contributed by atoms with Gasteiger partial charge in [0.2, 0.25) is 0 Å². The predicted molar refractivity (Wildman–Crippen MR) is 92.6 cm³/mol. The van der Waals surface area contributed by atoms with Crippen LogP contribution in [0.2, 0.25) is 0 Å². The molecule has 0 radical (unpaired) electrons. The van der Waals surface area contributed by atoms with Crippen LogP contribution in [0.15, 0.2) is 12.1 Å². The Morgan fingerprint density at radius 1 is 1.04 bits per heavy atom. The summed E-state index contributed by atoms with van der Waals surface area (Å²) in [5.41, 5.74) is 2.66. The van der Waals surface area contributed by atoms with Crippen molar-refractivity contribution in [2.75, 3.05) is 32.2 Å². The Labute approximate surface area is 137 Å². The van der Waals surface area contributed by atoms with E-state index in [0.29, 0.717) is 11.5 Å². The van der Waals surface area contributed by atoms with Gasteiger partial charge in [-0.2, -0.15) is 0 Å². The van der Waals surface area contributed by atoms with Crippen molar-refractivity contribution >= 4 is 16.9 Å². The molecule has 1 aliphatic heterocycles. The van der Waals surface area contributed by atoms with Crippen LogP contribution < -0.4 is 14.4 Å². The largest absolute Gasteiger partial charge is 0.493 e. The van der Waals surface area contributed by atoms with Gasteiger partial charge in [0, 0.05) is 25.2 Å². The first kappa shape index (κ1) is 15.8. The number of ether oxygens (including phenoxy) is 2. The summed E-state index contributed by atoms with van der Waals surface area (Å²) in [6, 6.07) is 3.80. The predicted octanol–water partition coefficient (Wildman–Crippen LogP) is 3.58. The highest BCUT2D eigenvalue weighted by molar-refractivity contribution is 5.81. The first-order chi connectivity index (χ1) is 11.2. The molecular weight excluding hydrogens is 290 g/mol. The Morgan fingerprint density at radius 3 is 2.13 bits per heavy atom. The van der Waals surface area contributed by atoms with Crippen molar-refractivity contribution in [1.29, 1.82) is 0 Å². The molecule has 1 aliphatic rings. The van der Waals surface area contributed by atoms with E-state index in [1.165, 1.54) is 19.3 Å². The highest BCUT2D eigenvalue weighted by Crippen LogP contribution is 2.33. The molecule has 1 aromatic heterocycles. The number of fused-ring (bicyclic) bond motifs is 1. The standard InChI is InChI=1S/C18H25N3O2/c1-5-13-6-8-21(9-7-13)18-12(2)19-14-10-16(22-3)17(23-4)11-15(14)20-18/h10-11,13H,5-9H2,1-4H3. The van der Waals surface area contributed by atoms with Crippen LogP contribution in [0.1, 0.15) is 31.9 Å². The number of anilines is 1. The van der Waals surface area contributed by atoms with Gasteiger partial charge in [-0.3, -0.25) is 0 Å². The van der Waals surface area contributed by atoms with Gasteiger partial charge in [0.1, 0.15) is 0 Å². The third kappa shape index (κ3) is 3.05. The van der Waals surface area contributed by atoms with Gasteiger partial charge in [-0.25, -0.2) is 9.97 Å². The van der Waals surface area contributed by atoms with Crippen molar-refractivity contribution in [3.63, 3.8) is 0 Å². The summed E-state index contributed by atoms with van der Waals surface area (Å²) in [5.74, 6) is 3.22. The minimum atomic E-state index is 0.685. The van der Waals surface area contributed by atoms with Gasteiger partial charge in [0.25, 0.3) is 0 Å². The summed E-state index contributed by atoms with van der Waals surface area (Å²) in [7, 11) is 3.28. The van der Waals surface area contributed by atoms with Crippen molar-refractivity contribution < 1.29 is 9.47 Å². The van der Waals surface area contributed by atoms with E-state index in [2.05, 4.69) is 11.8 Å². The molecule has 0 amide bonds. The fourth-order valence-corrected chi connectivity index (χ4v) is 3.31. The van der Waals surface area contributed by atoms with Crippen LogP contribution in [-0.4, -0.2) is 37.3 Å². The van der Waals surface area contributed by atoms with Gasteiger partial charge in [-0.1, -0.05) is 13.3 Å². The molecule has 1 aromatic carbocycles. The van der Waals surface area contributed by atoms with E-state index in [1.807, 2.05) is 19.1 Å². The second-order valence-corrected chi connectivity index (χ2v) is 6.17. The lowest BCUT2D eigenvalue weighted by Crippen LogP contribution is -2.34. The molecule has 124 valence electrons. The van der Waals surface area contributed by atoms with Crippen molar-refractivity contribution in [3.8, 4) is 11.5 Å². The molecule has 0 atom stereocenters. The molecule has 2 heterocycles. The first-order valence-corrected chi connectivity index (χ1v) is 8.31. The third-order valence-electron chi connectivity index (χ3n) is 4.81. The number of aromatic nitrogens is 2. The average Bonchev–Trinajstić information content (AvgIpc) is 2.60. The van der Waals surface area contributed by atoms with Crippen molar-refractivity contribution in [2.24, 2.45) is 5.92 Å². The molecule has 1 fully saturated rings. The number of hydrogen-bond acceptors (Lipinski definition) is 5. The summed E-state index contributed by atoms with van der Waals surface area (Å²) in [6.07, 6.45) is 3.75. The minimum Gasteiger partial charge on any atom is -0.493 e. The number of hydrogen-bond donors (Lipinski definition) is 0. The summed E-state index contributed by atoms with van der Waals surface area (Å²) < 4.78 is 10.7. The number of aryl methyl sites for hydroxylation is 1. The first-order valence-electron chi connectivity index (χ1n) is 8.31. The molecule has 0 saturated carbocycles. The van der Waals surface area contributed by atoms with Gasteiger partial charge in [-0.15, -0.1) is 0 Å². The summed E-state index contributed by atoms with van der Waals surface area (Å²) >= 11 is 0.